The van der Waals surface area contributed by atoms with Gasteiger partial charge in [-0.2, -0.15) is 0 Å². The number of nitrogens with zero attached hydrogens (tertiary/aromatic N) is 2. The van der Waals surface area contributed by atoms with Gasteiger partial charge in [0.1, 0.15) is 11.9 Å². The Morgan fingerprint density at radius 2 is 1.89 bits per heavy atom. The zero-order chi connectivity index (χ0) is 26.9. The standard InChI is InChI=1S/C32H42N2O4/c1-22(2)19-34(31(37)25-8-5-4-6-9-25)27-17-30(38-23(3)35)29-21-33(20-24-12-13-24)15-14-32(29,18-27)26-10-7-11-28(36)16-26/h4-11,16,22,24,27,29-30,36H,12-15,17-21H2,1-3H3. The van der Waals surface area contributed by atoms with Crippen molar-refractivity contribution >= 4 is 11.9 Å². The molecular formula is C32H42N2O4. The number of aromatic hydroxyl groups is 1. The van der Waals surface area contributed by atoms with Crippen molar-refractivity contribution in [2.45, 2.75) is 70.4 Å². The lowest BCUT2D eigenvalue weighted by atomic mass is 9.56. The fourth-order valence-electron chi connectivity index (χ4n) is 6.99. The summed E-state index contributed by atoms with van der Waals surface area (Å²) < 4.78 is 6.11. The Kier molecular flexibility index (Phi) is 7.80. The Hall–Kier alpha value is -2.86. The van der Waals surface area contributed by atoms with Crippen molar-refractivity contribution in [3.8, 4) is 5.75 Å². The predicted octanol–water partition coefficient (Wildman–Crippen LogP) is 5.25. The number of carbonyl (C=O) groups is 2. The largest absolute Gasteiger partial charge is 0.508 e. The molecule has 204 valence electrons. The van der Waals surface area contributed by atoms with E-state index in [-0.39, 0.29) is 41.1 Å². The van der Waals surface area contributed by atoms with Gasteiger partial charge in [-0.1, -0.05) is 44.2 Å². The highest BCUT2D eigenvalue weighted by Gasteiger charge is 2.55. The Morgan fingerprint density at radius 3 is 2.55 bits per heavy atom. The fourth-order valence-corrected chi connectivity index (χ4v) is 6.99. The smallest absolute Gasteiger partial charge is 0.302 e. The summed E-state index contributed by atoms with van der Waals surface area (Å²) in [6, 6.07) is 17.1. The molecule has 4 atom stereocenters. The van der Waals surface area contributed by atoms with Crippen molar-refractivity contribution in [2.75, 3.05) is 26.2 Å². The maximum absolute atomic E-state index is 13.9. The maximum atomic E-state index is 13.9. The lowest BCUT2D eigenvalue weighted by molar-refractivity contribution is -0.159. The third-order valence-electron chi connectivity index (χ3n) is 8.83. The van der Waals surface area contributed by atoms with Gasteiger partial charge in [-0.15, -0.1) is 0 Å². The second-order valence-corrected chi connectivity index (χ2v) is 12.2. The van der Waals surface area contributed by atoms with Crippen LogP contribution < -0.4 is 0 Å². The molecule has 2 aromatic rings. The van der Waals surface area contributed by atoms with Crippen molar-refractivity contribution in [3.63, 3.8) is 0 Å². The van der Waals surface area contributed by atoms with Gasteiger partial charge in [0, 0.05) is 55.9 Å². The van der Waals surface area contributed by atoms with Crippen LogP contribution in [-0.2, 0) is 14.9 Å². The highest BCUT2D eigenvalue weighted by molar-refractivity contribution is 5.94. The third kappa shape index (κ3) is 5.75. The lowest BCUT2D eigenvalue weighted by Gasteiger charge is -2.57. The molecule has 0 radical (unpaired) electrons. The first-order chi connectivity index (χ1) is 18.2. The van der Waals surface area contributed by atoms with Crippen molar-refractivity contribution in [1.82, 2.24) is 9.80 Å². The normalized spacial score (nSPS) is 27.5. The molecular weight excluding hydrogens is 476 g/mol. The van der Waals surface area contributed by atoms with Crippen LogP contribution in [0.15, 0.2) is 54.6 Å². The number of fused-ring (bicyclic) bond motifs is 1. The molecule has 3 aliphatic rings. The lowest BCUT2D eigenvalue weighted by Crippen LogP contribution is -2.62. The Morgan fingerprint density at radius 1 is 1.13 bits per heavy atom. The summed E-state index contributed by atoms with van der Waals surface area (Å²) in [6.45, 7) is 9.36. The van der Waals surface area contributed by atoms with Crippen LogP contribution >= 0.6 is 0 Å². The minimum absolute atomic E-state index is 0.0292. The maximum Gasteiger partial charge on any atom is 0.302 e. The molecule has 3 fully saturated rings. The average molecular weight is 519 g/mol. The van der Waals surface area contributed by atoms with Crippen molar-refractivity contribution < 1.29 is 19.4 Å². The van der Waals surface area contributed by atoms with Crippen LogP contribution in [0.4, 0.5) is 0 Å². The zero-order valence-electron chi connectivity index (χ0n) is 23.0. The van der Waals surface area contributed by atoms with Crippen LogP contribution in [0, 0.1) is 17.8 Å². The van der Waals surface area contributed by atoms with Gasteiger partial charge in [-0.3, -0.25) is 9.59 Å². The molecule has 2 aliphatic carbocycles. The number of esters is 1. The van der Waals surface area contributed by atoms with Crippen LogP contribution in [0.25, 0.3) is 0 Å². The van der Waals surface area contributed by atoms with E-state index in [9.17, 15) is 14.7 Å². The molecule has 1 heterocycles. The van der Waals surface area contributed by atoms with Gasteiger partial charge >= 0.3 is 5.97 Å². The molecule has 4 unspecified atom stereocenters. The van der Waals surface area contributed by atoms with E-state index >= 15 is 0 Å². The molecule has 1 amide bonds. The molecule has 5 rings (SSSR count). The van der Waals surface area contributed by atoms with E-state index in [1.807, 2.05) is 47.4 Å². The predicted molar refractivity (Wildman–Crippen MR) is 148 cm³/mol. The minimum Gasteiger partial charge on any atom is -0.508 e. The van der Waals surface area contributed by atoms with Crippen LogP contribution in [0.1, 0.15) is 68.8 Å². The summed E-state index contributed by atoms with van der Waals surface area (Å²) in [5, 5.41) is 10.5. The van der Waals surface area contributed by atoms with Gasteiger partial charge in [0.05, 0.1) is 0 Å². The summed E-state index contributed by atoms with van der Waals surface area (Å²) in [6.07, 6.45) is 4.65. The van der Waals surface area contributed by atoms with E-state index in [0.717, 1.165) is 44.0 Å². The molecule has 2 aromatic carbocycles. The number of ether oxygens (including phenoxy) is 1. The van der Waals surface area contributed by atoms with Gasteiger partial charge in [0.2, 0.25) is 0 Å². The summed E-state index contributed by atoms with van der Waals surface area (Å²) in [4.78, 5) is 30.9. The number of phenols is 1. The highest BCUT2D eigenvalue weighted by Crippen LogP contribution is 2.52. The van der Waals surface area contributed by atoms with Gasteiger partial charge in [-0.25, -0.2) is 0 Å². The van der Waals surface area contributed by atoms with E-state index in [1.165, 1.54) is 19.8 Å². The van der Waals surface area contributed by atoms with E-state index < -0.39 is 0 Å². The Balaban J connectivity index is 1.55. The summed E-state index contributed by atoms with van der Waals surface area (Å²) in [5.41, 5.74) is 1.48. The number of phenolic OH excluding ortho intramolecular Hbond substituents is 1. The second-order valence-electron chi connectivity index (χ2n) is 12.2. The third-order valence-corrected chi connectivity index (χ3v) is 8.83. The van der Waals surface area contributed by atoms with E-state index in [1.54, 1.807) is 6.07 Å². The highest BCUT2D eigenvalue weighted by atomic mass is 16.5. The molecule has 6 nitrogen and oxygen atoms in total. The van der Waals surface area contributed by atoms with Gasteiger partial charge in [0.25, 0.3) is 5.91 Å². The number of carbonyl (C=O) groups excluding carboxylic acids is 2. The summed E-state index contributed by atoms with van der Waals surface area (Å²) >= 11 is 0. The summed E-state index contributed by atoms with van der Waals surface area (Å²) in [5.74, 6) is 1.19. The average Bonchev–Trinajstić information content (AvgIpc) is 3.71. The monoisotopic (exact) mass is 518 g/mol. The number of amides is 1. The number of rotatable bonds is 8. The van der Waals surface area contributed by atoms with E-state index in [0.29, 0.717) is 24.4 Å². The molecule has 1 aliphatic heterocycles. The van der Waals surface area contributed by atoms with Gasteiger partial charge < -0.3 is 19.6 Å². The number of hydrogen-bond donors (Lipinski definition) is 1. The topological polar surface area (TPSA) is 70.1 Å². The van der Waals surface area contributed by atoms with Crippen molar-refractivity contribution in [1.29, 1.82) is 0 Å². The number of hydrogen-bond acceptors (Lipinski definition) is 5. The van der Waals surface area contributed by atoms with Crippen molar-refractivity contribution in [3.05, 3.63) is 65.7 Å². The second kappa shape index (κ2) is 11.1. The molecule has 1 N–H and O–H groups in total. The summed E-state index contributed by atoms with van der Waals surface area (Å²) in [7, 11) is 0. The molecule has 0 bridgehead atoms. The van der Waals surface area contributed by atoms with Gasteiger partial charge in [0.15, 0.2) is 0 Å². The molecule has 0 aromatic heterocycles. The first kappa shape index (κ1) is 26.7. The number of piperidine rings is 1. The SMILES string of the molecule is CC(=O)OC1CC(N(CC(C)C)C(=O)c2ccccc2)CC2(c3cccc(O)c3)CCN(CC3CC3)CC12. The Labute approximate surface area is 227 Å². The number of benzene rings is 2. The minimum atomic E-state index is -0.298. The van der Waals surface area contributed by atoms with E-state index in [4.69, 9.17) is 4.74 Å². The quantitative estimate of drug-likeness (QED) is 0.483. The number of likely N-dealkylation sites (tertiary alicyclic amines) is 1. The molecule has 38 heavy (non-hydrogen) atoms. The molecule has 2 saturated carbocycles. The fraction of sp³-hybridized carbons (Fsp3) is 0.562. The molecule has 0 spiro atoms. The van der Waals surface area contributed by atoms with Crippen LogP contribution in [0.3, 0.4) is 0 Å². The first-order valence-electron chi connectivity index (χ1n) is 14.3. The molecule has 1 saturated heterocycles. The van der Waals surface area contributed by atoms with Crippen LogP contribution in [0.5, 0.6) is 5.75 Å². The first-order valence-corrected chi connectivity index (χ1v) is 14.3. The van der Waals surface area contributed by atoms with Crippen molar-refractivity contribution in [2.24, 2.45) is 17.8 Å². The van der Waals surface area contributed by atoms with Gasteiger partial charge in [-0.05, 0) is 73.9 Å². The van der Waals surface area contributed by atoms with E-state index in [2.05, 4.69) is 24.8 Å². The zero-order valence-corrected chi connectivity index (χ0v) is 23.0. The molecule has 6 heteroatoms. The van der Waals surface area contributed by atoms with Crippen LogP contribution in [-0.4, -0.2) is 65.1 Å². The van der Waals surface area contributed by atoms with Crippen LogP contribution in [0.2, 0.25) is 0 Å². The Bertz CT molecular complexity index is 1130.